The molecule has 1 N–H and O–H groups in total. The highest BCUT2D eigenvalue weighted by Crippen LogP contribution is 2.70. The summed E-state index contributed by atoms with van der Waals surface area (Å²) in [6, 6.07) is 0. The van der Waals surface area contributed by atoms with E-state index in [4.69, 9.17) is 4.74 Å². The quantitative estimate of drug-likeness (QED) is 0.827. The summed E-state index contributed by atoms with van der Waals surface area (Å²) in [5, 5.41) is 10.3. The molecule has 0 saturated heterocycles. The Kier molecular flexibility index (Phi) is 3.26. The van der Waals surface area contributed by atoms with Crippen LogP contribution in [0.5, 0.6) is 0 Å². The van der Waals surface area contributed by atoms with Crippen LogP contribution in [-0.2, 0) is 4.74 Å². The SMILES string of the molecule is COC1C(O)CCCC1[C@H]1C[C@@H]2CC[C@@]1(C)C2(C)C. The van der Waals surface area contributed by atoms with Crippen molar-refractivity contribution >= 4 is 0 Å². The van der Waals surface area contributed by atoms with E-state index in [0.29, 0.717) is 16.7 Å². The zero-order valence-corrected chi connectivity index (χ0v) is 13.0. The highest BCUT2D eigenvalue weighted by molar-refractivity contribution is 5.12. The average molecular weight is 266 g/mol. The van der Waals surface area contributed by atoms with Gasteiger partial charge in [0.15, 0.2) is 0 Å². The van der Waals surface area contributed by atoms with E-state index < -0.39 is 0 Å². The van der Waals surface area contributed by atoms with E-state index in [1.54, 1.807) is 7.11 Å². The van der Waals surface area contributed by atoms with Crippen LogP contribution in [0.2, 0.25) is 0 Å². The maximum atomic E-state index is 10.3. The van der Waals surface area contributed by atoms with E-state index >= 15 is 0 Å². The molecule has 0 aromatic rings. The third-order valence-corrected chi connectivity index (χ3v) is 7.49. The second kappa shape index (κ2) is 4.46. The first-order valence-corrected chi connectivity index (χ1v) is 8.12. The molecule has 2 bridgehead atoms. The van der Waals surface area contributed by atoms with Crippen LogP contribution in [-0.4, -0.2) is 24.4 Å². The van der Waals surface area contributed by atoms with Crippen LogP contribution in [0.3, 0.4) is 0 Å². The van der Waals surface area contributed by atoms with Crippen LogP contribution in [0.1, 0.15) is 59.3 Å². The van der Waals surface area contributed by atoms with Crippen LogP contribution in [0.15, 0.2) is 0 Å². The first kappa shape index (κ1) is 13.9. The highest BCUT2D eigenvalue weighted by Gasteiger charge is 2.63. The van der Waals surface area contributed by atoms with Gasteiger partial charge in [0.1, 0.15) is 0 Å². The van der Waals surface area contributed by atoms with E-state index in [0.717, 1.165) is 18.3 Å². The number of ether oxygens (including phenoxy) is 1. The van der Waals surface area contributed by atoms with E-state index in [1.807, 2.05) is 0 Å². The summed E-state index contributed by atoms with van der Waals surface area (Å²) in [5.74, 6) is 2.21. The highest BCUT2D eigenvalue weighted by atomic mass is 16.5. The molecule has 0 heterocycles. The van der Waals surface area contributed by atoms with Crippen LogP contribution in [0.4, 0.5) is 0 Å². The maximum Gasteiger partial charge on any atom is 0.0861 e. The maximum absolute atomic E-state index is 10.3. The molecule has 2 heteroatoms. The normalized spacial score (nSPS) is 52.6. The van der Waals surface area contributed by atoms with Crippen LogP contribution in [0.25, 0.3) is 0 Å². The summed E-state index contributed by atoms with van der Waals surface area (Å²) < 4.78 is 5.70. The van der Waals surface area contributed by atoms with Gasteiger partial charge in [-0.1, -0.05) is 27.2 Å². The molecule has 0 aromatic carbocycles. The van der Waals surface area contributed by atoms with Crippen molar-refractivity contribution in [2.75, 3.05) is 7.11 Å². The molecule has 0 radical (unpaired) electrons. The molecule has 110 valence electrons. The van der Waals surface area contributed by atoms with Gasteiger partial charge >= 0.3 is 0 Å². The van der Waals surface area contributed by atoms with Gasteiger partial charge in [-0.05, 0) is 60.7 Å². The first-order valence-electron chi connectivity index (χ1n) is 8.12. The predicted octanol–water partition coefficient (Wildman–Crippen LogP) is 3.62. The average Bonchev–Trinajstić information content (AvgIpc) is 2.70. The van der Waals surface area contributed by atoms with Gasteiger partial charge in [0.25, 0.3) is 0 Å². The minimum atomic E-state index is -0.241. The molecule has 3 saturated carbocycles. The molecule has 0 aromatic heterocycles. The first-order chi connectivity index (χ1) is 8.91. The monoisotopic (exact) mass is 266 g/mol. The van der Waals surface area contributed by atoms with Crippen molar-refractivity contribution in [3.8, 4) is 0 Å². The topological polar surface area (TPSA) is 29.5 Å². The van der Waals surface area contributed by atoms with Crippen molar-refractivity contribution in [3.63, 3.8) is 0 Å². The molecule has 6 atom stereocenters. The summed E-state index contributed by atoms with van der Waals surface area (Å²) in [6.07, 6.45) is 7.32. The Balaban J connectivity index is 1.87. The van der Waals surface area contributed by atoms with Gasteiger partial charge in [0.05, 0.1) is 12.2 Å². The van der Waals surface area contributed by atoms with Crippen molar-refractivity contribution in [1.29, 1.82) is 0 Å². The minimum absolute atomic E-state index is 0.0747. The van der Waals surface area contributed by atoms with Crippen LogP contribution < -0.4 is 0 Å². The molecule has 3 rings (SSSR count). The molecule has 3 fully saturated rings. The Labute approximate surface area is 117 Å². The van der Waals surface area contributed by atoms with Gasteiger partial charge in [0.2, 0.25) is 0 Å². The Bertz CT molecular complexity index is 351. The molecule has 0 amide bonds. The van der Waals surface area contributed by atoms with E-state index in [-0.39, 0.29) is 12.2 Å². The van der Waals surface area contributed by atoms with Crippen molar-refractivity contribution in [1.82, 2.24) is 0 Å². The van der Waals surface area contributed by atoms with Gasteiger partial charge in [-0.2, -0.15) is 0 Å². The van der Waals surface area contributed by atoms with E-state index in [2.05, 4.69) is 20.8 Å². The Morgan fingerprint density at radius 3 is 2.37 bits per heavy atom. The summed E-state index contributed by atoms with van der Waals surface area (Å²) in [4.78, 5) is 0. The third kappa shape index (κ3) is 1.75. The third-order valence-electron chi connectivity index (χ3n) is 7.49. The summed E-state index contributed by atoms with van der Waals surface area (Å²) in [5.41, 5.74) is 0.925. The molecular weight excluding hydrogens is 236 g/mol. The molecule has 0 spiro atoms. The minimum Gasteiger partial charge on any atom is -0.390 e. The number of methoxy groups -OCH3 is 1. The second-order valence-electron chi connectivity index (χ2n) is 8.08. The van der Waals surface area contributed by atoms with E-state index in [1.165, 1.54) is 32.1 Å². The lowest BCUT2D eigenvalue weighted by molar-refractivity contribution is -0.104. The lowest BCUT2D eigenvalue weighted by Crippen LogP contribution is -2.47. The summed E-state index contributed by atoms with van der Waals surface area (Å²) in [6.45, 7) is 7.47. The smallest absolute Gasteiger partial charge is 0.0861 e. The van der Waals surface area contributed by atoms with Crippen molar-refractivity contribution in [2.24, 2.45) is 28.6 Å². The lowest BCUT2D eigenvalue weighted by atomic mass is 9.60. The molecule has 19 heavy (non-hydrogen) atoms. The molecule has 3 unspecified atom stereocenters. The number of aliphatic hydroxyl groups excluding tert-OH is 1. The van der Waals surface area contributed by atoms with Gasteiger partial charge in [-0.15, -0.1) is 0 Å². The van der Waals surface area contributed by atoms with Crippen molar-refractivity contribution in [3.05, 3.63) is 0 Å². The number of fused-ring (bicyclic) bond motifs is 2. The van der Waals surface area contributed by atoms with Gasteiger partial charge in [-0.3, -0.25) is 0 Å². The fourth-order valence-electron chi connectivity index (χ4n) is 5.85. The van der Waals surface area contributed by atoms with Crippen molar-refractivity contribution in [2.45, 2.75) is 71.5 Å². The molecular formula is C17H30O2. The molecule has 2 nitrogen and oxygen atoms in total. The lowest BCUT2D eigenvalue weighted by Gasteiger charge is -2.47. The number of rotatable bonds is 2. The number of hydrogen-bond donors (Lipinski definition) is 1. The Morgan fingerprint density at radius 1 is 1.11 bits per heavy atom. The standard InChI is InChI=1S/C17H30O2/c1-16(2)11-8-9-17(16,3)13(10-11)12-6-5-7-14(18)15(12)19-4/h11-15,18H,5-10H2,1-4H3/t11-,12?,13+,14?,15?,17+/m0/s1. The number of hydrogen-bond acceptors (Lipinski definition) is 2. The largest absolute Gasteiger partial charge is 0.390 e. The zero-order valence-electron chi connectivity index (χ0n) is 13.0. The Morgan fingerprint density at radius 2 is 1.84 bits per heavy atom. The van der Waals surface area contributed by atoms with Gasteiger partial charge in [-0.25, -0.2) is 0 Å². The fourth-order valence-corrected chi connectivity index (χ4v) is 5.85. The summed E-state index contributed by atoms with van der Waals surface area (Å²) in [7, 11) is 1.78. The second-order valence-corrected chi connectivity index (χ2v) is 8.08. The molecule has 0 aliphatic heterocycles. The van der Waals surface area contributed by atoms with Crippen LogP contribution in [0, 0.1) is 28.6 Å². The van der Waals surface area contributed by atoms with Crippen LogP contribution >= 0.6 is 0 Å². The van der Waals surface area contributed by atoms with Gasteiger partial charge < -0.3 is 9.84 Å². The predicted molar refractivity (Wildman–Crippen MR) is 76.9 cm³/mol. The fraction of sp³-hybridized carbons (Fsp3) is 1.00. The zero-order chi connectivity index (χ0) is 13.8. The molecule has 3 aliphatic carbocycles. The summed E-state index contributed by atoms with van der Waals surface area (Å²) >= 11 is 0. The van der Waals surface area contributed by atoms with Crippen molar-refractivity contribution < 1.29 is 9.84 Å². The van der Waals surface area contributed by atoms with E-state index in [9.17, 15) is 5.11 Å². The molecule has 3 aliphatic rings. The van der Waals surface area contributed by atoms with Gasteiger partial charge in [0, 0.05) is 7.11 Å². The Hall–Kier alpha value is -0.0800. The number of aliphatic hydroxyl groups is 1.